The van der Waals surface area contributed by atoms with Crippen LogP contribution >= 0.6 is 0 Å². The van der Waals surface area contributed by atoms with Crippen LogP contribution in [0.1, 0.15) is 16.1 Å². The predicted molar refractivity (Wildman–Crippen MR) is 54.2 cm³/mol. The maximum atomic E-state index is 12.2. The SMILES string of the molecule is Cc1nn(C)c(N(C)CC(F)F)c1C(=O)O. The summed E-state index contributed by atoms with van der Waals surface area (Å²) in [6.45, 7) is 1.00. The van der Waals surface area contributed by atoms with Gasteiger partial charge in [0.2, 0.25) is 0 Å². The molecule has 0 unspecified atom stereocenters. The van der Waals surface area contributed by atoms with Gasteiger partial charge in [0.15, 0.2) is 0 Å². The van der Waals surface area contributed by atoms with E-state index < -0.39 is 18.9 Å². The van der Waals surface area contributed by atoms with Crippen LogP contribution in [0.4, 0.5) is 14.6 Å². The Labute approximate surface area is 91.3 Å². The fraction of sp³-hybridized carbons (Fsp3) is 0.556. The molecule has 0 bridgehead atoms. The van der Waals surface area contributed by atoms with Crippen LogP contribution in [0.15, 0.2) is 0 Å². The second-order valence-corrected chi connectivity index (χ2v) is 3.48. The largest absolute Gasteiger partial charge is 0.477 e. The second kappa shape index (κ2) is 4.46. The Morgan fingerprint density at radius 3 is 2.62 bits per heavy atom. The normalized spacial score (nSPS) is 10.9. The molecule has 1 N–H and O–H groups in total. The van der Waals surface area contributed by atoms with E-state index in [1.807, 2.05) is 0 Å². The van der Waals surface area contributed by atoms with Gasteiger partial charge in [0.1, 0.15) is 11.4 Å². The summed E-state index contributed by atoms with van der Waals surface area (Å²) in [5, 5.41) is 12.9. The van der Waals surface area contributed by atoms with Crippen molar-refractivity contribution in [2.75, 3.05) is 18.5 Å². The van der Waals surface area contributed by atoms with Crippen molar-refractivity contribution in [2.45, 2.75) is 13.3 Å². The van der Waals surface area contributed by atoms with Crippen molar-refractivity contribution in [1.29, 1.82) is 0 Å². The molecule has 0 aromatic carbocycles. The van der Waals surface area contributed by atoms with Crippen LogP contribution in [0.5, 0.6) is 0 Å². The van der Waals surface area contributed by atoms with Crippen LogP contribution in [0.2, 0.25) is 0 Å². The van der Waals surface area contributed by atoms with E-state index in [-0.39, 0.29) is 11.4 Å². The number of carboxylic acids is 1. The summed E-state index contributed by atoms with van der Waals surface area (Å²) in [4.78, 5) is 12.2. The monoisotopic (exact) mass is 233 g/mol. The minimum atomic E-state index is -2.53. The van der Waals surface area contributed by atoms with Crippen LogP contribution in [0.25, 0.3) is 0 Å². The molecule has 7 heteroatoms. The molecule has 1 aromatic rings. The number of hydrogen-bond donors (Lipinski definition) is 1. The van der Waals surface area contributed by atoms with Crippen LogP contribution in [-0.2, 0) is 7.05 Å². The molecule has 0 radical (unpaired) electrons. The first-order valence-corrected chi connectivity index (χ1v) is 4.60. The molecule has 0 amide bonds. The molecule has 0 aliphatic carbocycles. The van der Waals surface area contributed by atoms with Gasteiger partial charge in [0, 0.05) is 14.1 Å². The number of nitrogens with zero attached hydrogens (tertiary/aromatic N) is 3. The number of anilines is 1. The Bertz CT molecular complexity index is 404. The van der Waals surface area contributed by atoms with Gasteiger partial charge in [-0.1, -0.05) is 0 Å². The van der Waals surface area contributed by atoms with E-state index in [4.69, 9.17) is 5.11 Å². The van der Waals surface area contributed by atoms with Gasteiger partial charge < -0.3 is 10.0 Å². The molecule has 5 nitrogen and oxygen atoms in total. The van der Waals surface area contributed by atoms with E-state index in [1.54, 1.807) is 0 Å². The maximum absolute atomic E-state index is 12.2. The number of rotatable bonds is 4. The van der Waals surface area contributed by atoms with Gasteiger partial charge in [-0.15, -0.1) is 0 Å². The van der Waals surface area contributed by atoms with Crippen molar-refractivity contribution in [2.24, 2.45) is 7.05 Å². The van der Waals surface area contributed by atoms with Crippen molar-refractivity contribution in [3.8, 4) is 0 Å². The Morgan fingerprint density at radius 2 is 2.19 bits per heavy atom. The molecule has 90 valence electrons. The molecule has 0 spiro atoms. The van der Waals surface area contributed by atoms with Gasteiger partial charge >= 0.3 is 5.97 Å². The standard InChI is InChI=1S/C9H13F2N3O2/c1-5-7(9(15)16)8(14(3)12-5)13(2)4-6(10)11/h6H,4H2,1-3H3,(H,15,16). The lowest BCUT2D eigenvalue weighted by molar-refractivity contribution is 0.0696. The molecule has 1 heterocycles. The molecule has 0 aliphatic heterocycles. The summed E-state index contributed by atoms with van der Waals surface area (Å²) in [6.07, 6.45) is -2.53. The van der Waals surface area contributed by atoms with Gasteiger partial charge in [-0.2, -0.15) is 5.10 Å². The number of carboxylic acid groups (broad SMARTS) is 1. The van der Waals surface area contributed by atoms with E-state index in [0.717, 1.165) is 0 Å². The van der Waals surface area contributed by atoms with Crippen LogP contribution < -0.4 is 4.90 Å². The van der Waals surface area contributed by atoms with Crippen molar-refractivity contribution < 1.29 is 18.7 Å². The number of aryl methyl sites for hydroxylation is 2. The lowest BCUT2D eigenvalue weighted by Gasteiger charge is -2.19. The van der Waals surface area contributed by atoms with E-state index in [0.29, 0.717) is 5.69 Å². The molecule has 0 atom stereocenters. The highest BCUT2D eigenvalue weighted by molar-refractivity contribution is 5.94. The van der Waals surface area contributed by atoms with E-state index in [1.165, 1.54) is 30.6 Å². The summed E-state index contributed by atoms with van der Waals surface area (Å²) >= 11 is 0. The smallest absolute Gasteiger partial charge is 0.341 e. The first kappa shape index (κ1) is 12.4. The van der Waals surface area contributed by atoms with Crippen LogP contribution in [0, 0.1) is 6.92 Å². The topological polar surface area (TPSA) is 58.4 Å². The number of aromatic carboxylic acids is 1. The zero-order valence-electron chi connectivity index (χ0n) is 9.24. The highest BCUT2D eigenvalue weighted by Crippen LogP contribution is 2.22. The third kappa shape index (κ3) is 2.29. The molecular weight excluding hydrogens is 220 g/mol. The fourth-order valence-corrected chi connectivity index (χ4v) is 1.63. The molecule has 1 rings (SSSR count). The number of halogens is 2. The summed E-state index contributed by atoms with van der Waals surface area (Å²) in [5.74, 6) is -0.980. The molecule has 0 fully saturated rings. The predicted octanol–water partition coefficient (Wildman–Crippen LogP) is 1.13. The second-order valence-electron chi connectivity index (χ2n) is 3.48. The van der Waals surface area contributed by atoms with Gasteiger partial charge in [-0.05, 0) is 6.92 Å². The minimum Gasteiger partial charge on any atom is -0.477 e. The zero-order chi connectivity index (χ0) is 12.5. The van der Waals surface area contributed by atoms with Crippen molar-refractivity contribution in [1.82, 2.24) is 9.78 Å². The maximum Gasteiger partial charge on any atom is 0.341 e. The first-order valence-electron chi connectivity index (χ1n) is 4.60. The number of hydrogen-bond acceptors (Lipinski definition) is 3. The Balaban J connectivity index is 3.16. The third-order valence-corrected chi connectivity index (χ3v) is 2.18. The van der Waals surface area contributed by atoms with E-state index in [9.17, 15) is 13.6 Å². The highest BCUT2D eigenvalue weighted by atomic mass is 19.3. The summed E-state index contributed by atoms with van der Waals surface area (Å²) in [7, 11) is 2.94. The lowest BCUT2D eigenvalue weighted by Crippen LogP contribution is -2.27. The Kier molecular flexibility index (Phi) is 3.46. The molecular formula is C9H13F2N3O2. The average molecular weight is 233 g/mol. The van der Waals surface area contributed by atoms with Gasteiger partial charge in [-0.3, -0.25) is 4.68 Å². The third-order valence-electron chi connectivity index (χ3n) is 2.18. The minimum absolute atomic E-state index is 0.0364. The summed E-state index contributed by atoms with van der Waals surface area (Å²) in [5.41, 5.74) is 0.275. The quantitative estimate of drug-likeness (QED) is 0.846. The molecule has 0 saturated heterocycles. The summed E-state index contributed by atoms with van der Waals surface area (Å²) < 4.78 is 25.7. The van der Waals surface area contributed by atoms with Gasteiger partial charge in [0.05, 0.1) is 12.2 Å². The van der Waals surface area contributed by atoms with Gasteiger partial charge in [0.25, 0.3) is 6.43 Å². The highest BCUT2D eigenvalue weighted by Gasteiger charge is 2.23. The molecule has 1 aromatic heterocycles. The van der Waals surface area contributed by atoms with E-state index >= 15 is 0 Å². The Morgan fingerprint density at radius 1 is 1.62 bits per heavy atom. The van der Waals surface area contributed by atoms with Crippen molar-refractivity contribution >= 4 is 11.8 Å². The lowest BCUT2D eigenvalue weighted by atomic mass is 10.2. The van der Waals surface area contributed by atoms with Crippen molar-refractivity contribution in [3.05, 3.63) is 11.3 Å². The van der Waals surface area contributed by atoms with E-state index in [2.05, 4.69) is 5.10 Å². The van der Waals surface area contributed by atoms with Crippen molar-refractivity contribution in [3.63, 3.8) is 0 Å². The van der Waals surface area contributed by atoms with Gasteiger partial charge in [-0.25, -0.2) is 13.6 Å². The summed E-state index contributed by atoms with van der Waals surface area (Å²) in [6, 6.07) is 0. The molecule has 16 heavy (non-hydrogen) atoms. The fourth-order valence-electron chi connectivity index (χ4n) is 1.63. The molecule has 0 aliphatic rings. The molecule has 0 saturated carbocycles. The van der Waals surface area contributed by atoms with Crippen LogP contribution in [-0.4, -0.2) is 40.9 Å². The Hall–Kier alpha value is -1.66. The van der Waals surface area contributed by atoms with Crippen LogP contribution in [0.3, 0.4) is 0 Å². The number of alkyl halides is 2. The zero-order valence-corrected chi connectivity index (χ0v) is 9.24. The average Bonchev–Trinajstić information content (AvgIpc) is 2.39. The first-order chi connectivity index (χ1) is 7.34. The number of carbonyl (C=O) groups is 1. The number of aromatic nitrogens is 2.